The lowest BCUT2D eigenvalue weighted by molar-refractivity contribution is 0.467. The van der Waals surface area contributed by atoms with Crippen molar-refractivity contribution in [1.29, 1.82) is 0 Å². The zero-order valence-corrected chi connectivity index (χ0v) is 24.9. The van der Waals surface area contributed by atoms with Crippen LogP contribution in [0.1, 0.15) is 188 Å². The zero-order valence-electron chi connectivity index (χ0n) is 24.2. The molecule has 0 aromatic carbocycles. The largest absolute Gasteiger partial charge is 0.315 e. The number of alkyl halides is 1. The van der Waals surface area contributed by atoms with Gasteiger partial charge in [-0.2, -0.15) is 0 Å². The van der Waals surface area contributed by atoms with Crippen molar-refractivity contribution < 1.29 is 0 Å². The predicted molar refractivity (Wildman–Crippen MR) is 159 cm³/mol. The van der Waals surface area contributed by atoms with E-state index in [-0.39, 0.29) is 4.87 Å². The van der Waals surface area contributed by atoms with Gasteiger partial charge in [-0.05, 0) is 26.3 Å². The smallest absolute Gasteiger partial charge is 0.0542 e. The van der Waals surface area contributed by atoms with Crippen molar-refractivity contribution in [3.8, 4) is 0 Å². The Morgan fingerprint density at radius 3 is 1.09 bits per heavy atom. The standard InChI is InChI=1S/C32H66ClN/c1-4-6-8-10-12-14-16-17-18-20-22-24-26-28-30-34-31-32(3,33)29-27-25-23-21-19-15-13-11-9-7-5-2/h34H,4-31H2,1-3H3. The van der Waals surface area contributed by atoms with Gasteiger partial charge < -0.3 is 5.32 Å². The first-order chi connectivity index (χ1) is 16.6. The van der Waals surface area contributed by atoms with Crippen molar-refractivity contribution in [1.82, 2.24) is 5.32 Å². The van der Waals surface area contributed by atoms with Crippen LogP contribution in [-0.4, -0.2) is 18.0 Å². The molecule has 206 valence electrons. The van der Waals surface area contributed by atoms with Crippen molar-refractivity contribution in [2.45, 2.75) is 193 Å². The second-order valence-electron chi connectivity index (χ2n) is 11.5. The maximum atomic E-state index is 6.76. The van der Waals surface area contributed by atoms with Gasteiger partial charge in [0.2, 0.25) is 0 Å². The molecular formula is C32H66ClN. The Morgan fingerprint density at radius 2 is 0.735 bits per heavy atom. The maximum Gasteiger partial charge on any atom is 0.0542 e. The summed E-state index contributed by atoms with van der Waals surface area (Å²) in [6.45, 7) is 8.92. The van der Waals surface area contributed by atoms with Crippen LogP contribution in [-0.2, 0) is 0 Å². The molecule has 0 rings (SSSR count). The molecule has 1 nitrogen and oxygen atoms in total. The molecule has 0 spiro atoms. The summed E-state index contributed by atoms with van der Waals surface area (Å²) in [5, 5.41) is 3.63. The van der Waals surface area contributed by atoms with Crippen LogP contribution in [0.4, 0.5) is 0 Å². The summed E-state index contributed by atoms with van der Waals surface area (Å²) in [7, 11) is 0. The van der Waals surface area contributed by atoms with E-state index in [1.54, 1.807) is 0 Å². The second kappa shape index (κ2) is 27.8. The topological polar surface area (TPSA) is 12.0 Å². The molecule has 34 heavy (non-hydrogen) atoms. The summed E-state index contributed by atoms with van der Waals surface area (Å²) in [6, 6.07) is 0. The number of halogens is 1. The highest BCUT2D eigenvalue weighted by atomic mass is 35.5. The summed E-state index contributed by atoms with van der Waals surface area (Å²) in [6.07, 6.45) is 36.6. The highest BCUT2D eigenvalue weighted by Gasteiger charge is 2.19. The van der Waals surface area contributed by atoms with E-state index in [1.807, 2.05) is 0 Å². The Labute approximate surface area is 222 Å². The number of unbranched alkanes of at least 4 members (excludes halogenated alkanes) is 23. The lowest BCUT2D eigenvalue weighted by atomic mass is 10.00. The Kier molecular flexibility index (Phi) is 28.0. The molecule has 0 aromatic heterocycles. The molecule has 0 aromatic rings. The number of rotatable bonds is 29. The van der Waals surface area contributed by atoms with E-state index < -0.39 is 0 Å². The summed E-state index contributed by atoms with van der Waals surface area (Å²) in [5.74, 6) is 0. The Bertz CT molecular complexity index is 368. The molecule has 0 aliphatic rings. The number of hydrogen-bond donors (Lipinski definition) is 1. The molecule has 0 heterocycles. The lowest BCUT2D eigenvalue weighted by Crippen LogP contribution is -2.33. The van der Waals surface area contributed by atoms with Gasteiger partial charge in [-0.1, -0.05) is 168 Å². The molecule has 1 N–H and O–H groups in total. The van der Waals surface area contributed by atoms with E-state index in [9.17, 15) is 0 Å². The average Bonchev–Trinajstić information content (AvgIpc) is 2.82. The van der Waals surface area contributed by atoms with E-state index in [4.69, 9.17) is 11.6 Å². The first kappa shape index (κ1) is 34.2. The highest BCUT2D eigenvalue weighted by molar-refractivity contribution is 6.23. The molecule has 0 saturated heterocycles. The monoisotopic (exact) mass is 499 g/mol. The van der Waals surface area contributed by atoms with Gasteiger partial charge in [0, 0.05) is 6.54 Å². The van der Waals surface area contributed by atoms with Crippen LogP contribution in [0.3, 0.4) is 0 Å². The molecule has 2 heteroatoms. The molecule has 0 fully saturated rings. The van der Waals surface area contributed by atoms with Gasteiger partial charge in [-0.15, -0.1) is 11.6 Å². The normalized spacial score (nSPS) is 13.4. The second-order valence-corrected chi connectivity index (χ2v) is 12.4. The van der Waals surface area contributed by atoms with Crippen molar-refractivity contribution in [2.24, 2.45) is 0 Å². The van der Waals surface area contributed by atoms with Crippen molar-refractivity contribution in [3.63, 3.8) is 0 Å². The summed E-state index contributed by atoms with van der Waals surface area (Å²) >= 11 is 6.76. The third-order valence-electron chi connectivity index (χ3n) is 7.50. The van der Waals surface area contributed by atoms with E-state index in [0.29, 0.717) is 0 Å². The summed E-state index contributed by atoms with van der Waals surface area (Å²) in [5.41, 5.74) is 0. The van der Waals surface area contributed by atoms with Crippen LogP contribution >= 0.6 is 11.6 Å². The zero-order chi connectivity index (χ0) is 25.0. The Balaban J connectivity index is 3.27. The van der Waals surface area contributed by atoms with E-state index >= 15 is 0 Å². The average molecular weight is 500 g/mol. The van der Waals surface area contributed by atoms with Crippen LogP contribution < -0.4 is 5.32 Å². The van der Waals surface area contributed by atoms with Crippen LogP contribution in [0.2, 0.25) is 0 Å². The molecule has 0 aliphatic carbocycles. The molecule has 0 bridgehead atoms. The van der Waals surface area contributed by atoms with Gasteiger partial charge in [-0.3, -0.25) is 0 Å². The summed E-state index contributed by atoms with van der Waals surface area (Å²) in [4.78, 5) is -0.0602. The van der Waals surface area contributed by atoms with Crippen molar-refractivity contribution in [2.75, 3.05) is 13.1 Å². The van der Waals surface area contributed by atoms with E-state index in [0.717, 1.165) is 19.5 Å². The van der Waals surface area contributed by atoms with Crippen LogP contribution in [0.15, 0.2) is 0 Å². The highest BCUT2D eigenvalue weighted by Crippen LogP contribution is 2.22. The quantitative estimate of drug-likeness (QED) is 0.0796. The fraction of sp³-hybridized carbons (Fsp3) is 1.00. The first-order valence-corrected chi connectivity index (χ1v) is 16.4. The SMILES string of the molecule is CCCCCCCCCCCCCCCCNCC(C)(Cl)CCCCCCCCCCCCC. The van der Waals surface area contributed by atoms with Gasteiger partial charge in [0.15, 0.2) is 0 Å². The van der Waals surface area contributed by atoms with Gasteiger partial charge >= 0.3 is 0 Å². The van der Waals surface area contributed by atoms with Crippen molar-refractivity contribution in [3.05, 3.63) is 0 Å². The number of nitrogens with one attached hydrogen (secondary N) is 1. The maximum absolute atomic E-state index is 6.76. The molecule has 0 saturated carbocycles. The Hall–Kier alpha value is 0.250. The Morgan fingerprint density at radius 1 is 0.441 bits per heavy atom. The van der Waals surface area contributed by atoms with Crippen molar-refractivity contribution >= 4 is 11.6 Å². The van der Waals surface area contributed by atoms with Gasteiger partial charge in [0.25, 0.3) is 0 Å². The van der Waals surface area contributed by atoms with E-state index in [1.165, 1.54) is 161 Å². The van der Waals surface area contributed by atoms with Crippen LogP contribution in [0, 0.1) is 0 Å². The third kappa shape index (κ3) is 28.5. The van der Waals surface area contributed by atoms with Gasteiger partial charge in [0.1, 0.15) is 0 Å². The van der Waals surface area contributed by atoms with Crippen LogP contribution in [0.25, 0.3) is 0 Å². The molecule has 1 unspecified atom stereocenters. The fourth-order valence-corrected chi connectivity index (χ4v) is 5.27. The minimum Gasteiger partial charge on any atom is -0.315 e. The number of hydrogen-bond acceptors (Lipinski definition) is 1. The lowest BCUT2D eigenvalue weighted by Gasteiger charge is -2.22. The summed E-state index contributed by atoms with van der Waals surface area (Å²) < 4.78 is 0. The fourth-order valence-electron chi connectivity index (χ4n) is 5.04. The molecule has 0 aliphatic heterocycles. The molecular weight excluding hydrogens is 434 g/mol. The predicted octanol–water partition coefficient (Wildman–Crippen LogP) is 11.8. The third-order valence-corrected chi connectivity index (χ3v) is 7.82. The van der Waals surface area contributed by atoms with Crippen LogP contribution in [0.5, 0.6) is 0 Å². The molecule has 1 atom stereocenters. The molecule has 0 amide bonds. The minimum absolute atomic E-state index is 0.0602. The van der Waals surface area contributed by atoms with E-state index in [2.05, 4.69) is 26.1 Å². The van der Waals surface area contributed by atoms with Gasteiger partial charge in [0.05, 0.1) is 4.87 Å². The van der Waals surface area contributed by atoms with Gasteiger partial charge in [-0.25, -0.2) is 0 Å². The first-order valence-electron chi connectivity index (χ1n) is 16.0. The molecule has 0 radical (unpaired) electrons. The minimum atomic E-state index is -0.0602.